The number of hydrogen-bond donors (Lipinski definition) is 3. The van der Waals surface area contributed by atoms with Gasteiger partial charge in [-0.25, -0.2) is 0 Å². The Morgan fingerprint density at radius 3 is 2.37 bits per heavy atom. The molecule has 0 unspecified atom stereocenters. The van der Waals surface area contributed by atoms with Gasteiger partial charge in [0, 0.05) is 15.7 Å². The van der Waals surface area contributed by atoms with Gasteiger partial charge in [-0.15, -0.1) is 0 Å². The maximum atomic E-state index is 12.2. The minimum absolute atomic E-state index is 0.0294. The Bertz CT molecular complexity index is 747. The number of ether oxygens (including phenoxy) is 1. The fourth-order valence-electron chi connectivity index (χ4n) is 3.23. The minimum Gasteiger partial charge on any atom is -0.488 e. The zero-order valence-corrected chi connectivity index (χ0v) is 16.7. The predicted molar refractivity (Wildman–Crippen MR) is 108 cm³/mol. The summed E-state index contributed by atoms with van der Waals surface area (Å²) in [6, 6.07) is 14.7. The van der Waals surface area contributed by atoms with Gasteiger partial charge in [0.25, 0.3) is 5.91 Å². The van der Waals surface area contributed by atoms with E-state index in [1.165, 1.54) is 9.80 Å². The molecular weight excluding hydrogens is 385 g/mol. The molecule has 2 aromatic carbocycles. The number of nitrogens with one attached hydrogen (secondary N) is 3. The van der Waals surface area contributed by atoms with Crippen molar-refractivity contribution in [3.8, 4) is 5.75 Å². The highest BCUT2D eigenvalue weighted by molar-refractivity contribution is 6.31. The number of amides is 1. The number of anilines is 1. The standard InChI is InChI=1S/C20H23Cl2N3O2/c21-16-4-6-19(7-5-16)27-13-12-24-8-10-25(11-9-24)15-20(26)23-18-3-1-2-17(22)14-18/h1-7,14H,8-13,15H2,(H,23,26)/p+2. The van der Waals surface area contributed by atoms with Crippen molar-refractivity contribution in [1.82, 2.24) is 0 Å². The molecule has 7 heteroatoms. The van der Waals surface area contributed by atoms with Gasteiger partial charge in [-0.3, -0.25) is 4.79 Å². The summed E-state index contributed by atoms with van der Waals surface area (Å²) >= 11 is 11.8. The number of piperazine rings is 1. The van der Waals surface area contributed by atoms with Crippen molar-refractivity contribution >= 4 is 34.8 Å². The van der Waals surface area contributed by atoms with Crippen LogP contribution in [0.15, 0.2) is 48.5 Å². The molecule has 27 heavy (non-hydrogen) atoms. The van der Waals surface area contributed by atoms with Crippen molar-refractivity contribution in [3.05, 3.63) is 58.6 Å². The second-order valence-corrected chi connectivity index (χ2v) is 7.66. The average molecular weight is 410 g/mol. The number of rotatable bonds is 7. The van der Waals surface area contributed by atoms with Crippen LogP contribution in [0.2, 0.25) is 10.0 Å². The van der Waals surface area contributed by atoms with Gasteiger partial charge in [0.05, 0.1) is 0 Å². The molecule has 0 saturated carbocycles. The van der Waals surface area contributed by atoms with Crippen molar-refractivity contribution in [3.63, 3.8) is 0 Å². The molecule has 0 aliphatic carbocycles. The molecule has 1 heterocycles. The average Bonchev–Trinajstić information content (AvgIpc) is 2.65. The number of quaternary nitrogens is 2. The van der Waals surface area contributed by atoms with Crippen LogP contribution in [0.3, 0.4) is 0 Å². The van der Waals surface area contributed by atoms with Crippen molar-refractivity contribution in [2.45, 2.75) is 0 Å². The molecule has 0 atom stereocenters. The van der Waals surface area contributed by atoms with Gasteiger partial charge in [-0.2, -0.15) is 0 Å². The van der Waals surface area contributed by atoms with E-state index in [9.17, 15) is 4.79 Å². The van der Waals surface area contributed by atoms with Gasteiger partial charge in [-0.1, -0.05) is 29.3 Å². The van der Waals surface area contributed by atoms with E-state index in [-0.39, 0.29) is 5.91 Å². The van der Waals surface area contributed by atoms with E-state index >= 15 is 0 Å². The number of carbonyl (C=O) groups is 1. The van der Waals surface area contributed by atoms with E-state index in [0.717, 1.165) is 44.2 Å². The van der Waals surface area contributed by atoms with E-state index in [2.05, 4.69) is 5.32 Å². The summed E-state index contributed by atoms with van der Waals surface area (Å²) < 4.78 is 5.77. The maximum Gasteiger partial charge on any atom is 0.279 e. The molecule has 1 saturated heterocycles. The topological polar surface area (TPSA) is 47.2 Å². The fourth-order valence-corrected chi connectivity index (χ4v) is 3.54. The van der Waals surface area contributed by atoms with Crippen molar-refractivity contribution < 1.29 is 19.3 Å². The largest absolute Gasteiger partial charge is 0.488 e. The third kappa shape index (κ3) is 6.70. The van der Waals surface area contributed by atoms with Gasteiger partial charge in [-0.05, 0) is 42.5 Å². The first-order valence-electron chi connectivity index (χ1n) is 9.19. The number of halogens is 2. The van der Waals surface area contributed by atoms with Crippen molar-refractivity contribution in [2.75, 3.05) is 51.2 Å². The number of carbonyl (C=O) groups excluding carboxylic acids is 1. The highest BCUT2D eigenvalue weighted by Gasteiger charge is 2.24. The maximum absolute atomic E-state index is 12.2. The van der Waals surface area contributed by atoms with E-state index < -0.39 is 0 Å². The van der Waals surface area contributed by atoms with Crippen LogP contribution in [0.1, 0.15) is 0 Å². The molecule has 0 spiro atoms. The monoisotopic (exact) mass is 409 g/mol. The molecule has 1 fully saturated rings. The lowest BCUT2D eigenvalue weighted by atomic mass is 10.3. The smallest absolute Gasteiger partial charge is 0.279 e. The van der Waals surface area contributed by atoms with Crippen molar-refractivity contribution in [2.24, 2.45) is 0 Å². The van der Waals surface area contributed by atoms with E-state index in [1.807, 2.05) is 36.4 Å². The molecule has 1 aliphatic heterocycles. The van der Waals surface area contributed by atoms with Crippen LogP contribution >= 0.6 is 23.2 Å². The molecule has 2 aromatic rings. The number of benzene rings is 2. The van der Waals surface area contributed by atoms with Gasteiger partial charge >= 0.3 is 0 Å². The van der Waals surface area contributed by atoms with Crippen LogP contribution < -0.4 is 19.9 Å². The Labute approximate surface area is 169 Å². The Morgan fingerprint density at radius 2 is 1.67 bits per heavy atom. The lowest BCUT2D eigenvalue weighted by Gasteiger charge is -2.29. The first-order valence-corrected chi connectivity index (χ1v) is 9.95. The van der Waals surface area contributed by atoms with Crippen LogP contribution in [0.25, 0.3) is 0 Å². The fraction of sp³-hybridized carbons (Fsp3) is 0.350. The molecule has 0 aromatic heterocycles. The van der Waals surface area contributed by atoms with Crippen molar-refractivity contribution in [1.29, 1.82) is 0 Å². The Hall–Kier alpha value is -1.79. The van der Waals surface area contributed by atoms with Gasteiger partial charge < -0.3 is 19.9 Å². The third-order valence-electron chi connectivity index (χ3n) is 4.72. The van der Waals surface area contributed by atoms with E-state index in [1.54, 1.807) is 12.1 Å². The number of hydrogen-bond acceptors (Lipinski definition) is 2. The first kappa shape index (κ1) is 20.0. The first-order chi connectivity index (χ1) is 13.1. The summed E-state index contributed by atoms with van der Waals surface area (Å²) in [7, 11) is 0. The summed E-state index contributed by atoms with van der Waals surface area (Å²) in [5.41, 5.74) is 0.746. The summed E-state index contributed by atoms with van der Waals surface area (Å²) in [6.45, 7) is 6.19. The molecule has 1 aliphatic rings. The van der Waals surface area contributed by atoms with Crippen LogP contribution in [-0.4, -0.2) is 51.8 Å². The summed E-state index contributed by atoms with van der Waals surface area (Å²) in [5, 5.41) is 4.25. The highest BCUT2D eigenvalue weighted by Crippen LogP contribution is 2.15. The van der Waals surface area contributed by atoms with Gasteiger partial charge in [0.15, 0.2) is 6.54 Å². The van der Waals surface area contributed by atoms with Crippen LogP contribution in [0.4, 0.5) is 5.69 Å². The molecule has 3 N–H and O–H groups in total. The quantitative estimate of drug-likeness (QED) is 0.633. The highest BCUT2D eigenvalue weighted by atomic mass is 35.5. The predicted octanol–water partition coefficient (Wildman–Crippen LogP) is 0.794. The molecule has 3 rings (SSSR count). The van der Waals surface area contributed by atoms with Crippen LogP contribution in [0.5, 0.6) is 5.75 Å². The lowest BCUT2D eigenvalue weighted by Crippen LogP contribution is -3.28. The van der Waals surface area contributed by atoms with Crippen LogP contribution in [0, 0.1) is 0 Å². The van der Waals surface area contributed by atoms with Gasteiger partial charge in [0.2, 0.25) is 0 Å². The third-order valence-corrected chi connectivity index (χ3v) is 5.21. The Balaban J connectivity index is 1.33. The normalized spacial score (nSPS) is 19.5. The van der Waals surface area contributed by atoms with E-state index in [4.69, 9.17) is 27.9 Å². The molecular formula is C20H25Cl2N3O2+2. The lowest BCUT2D eigenvalue weighted by molar-refractivity contribution is -1.01. The SMILES string of the molecule is O=C(C[NH+]1CC[NH+](CCOc2ccc(Cl)cc2)CC1)Nc1cccc(Cl)c1. The zero-order chi connectivity index (χ0) is 19.1. The summed E-state index contributed by atoms with van der Waals surface area (Å²) in [5.74, 6) is 0.877. The summed E-state index contributed by atoms with van der Waals surface area (Å²) in [6.07, 6.45) is 0. The van der Waals surface area contributed by atoms with Gasteiger partial charge in [0.1, 0.15) is 45.1 Å². The zero-order valence-electron chi connectivity index (χ0n) is 15.1. The molecule has 1 amide bonds. The Morgan fingerprint density at radius 1 is 0.963 bits per heavy atom. The molecule has 0 radical (unpaired) electrons. The second kappa shape index (κ2) is 9.95. The molecule has 0 bridgehead atoms. The molecule has 144 valence electrons. The van der Waals surface area contributed by atoms with E-state index in [0.29, 0.717) is 23.2 Å². The molecule has 5 nitrogen and oxygen atoms in total. The summed E-state index contributed by atoms with van der Waals surface area (Å²) in [4.78, 5) is 15.0. The van der Waals surface area contributed by atoms with Crippen LogP contribution in [-0.2, 0) is 4.79 Å². The second-order valence-electron chi connectivity index (χ2n) is 6.79. The Kier molecular flexibility index (Phi) is 7.35. The minimum atomic E-state index is 0.0294.